The van der Waals surface area contributed by atoms with Gasteiger partial charge in [-0.05, 0) is 12.1 Å². The summed E-state index contributed by atoms with van der Waals surface area (Å²) >= 11 is 0. The lowest BCUT2D eigenvalue weighted by atomic mass is 10.3. The lowest BCUT2D eigenvalue weighted by Gasteiger charge is -2.09. The van der Waals surface area contributed by atoms with Gasteiger partial charge in [0.05, 0.1) is 6.54 Å². The van der Waals surface area contributed by atoms with Crippen LogP contribution in [0.1, 0.15) is 0 Å². The Morgan fingerprint density at radius 1 is 1.41 bits per heavy atom. The lowest BCUT2D eigenvalue weighted by molar-refractivity contribution is -0.173. The Bertz CT molecular complexity index is 393. The SMILES string of the molecule is Nc1cccc(OCCNC(=O)C(F)(F)F)c1. The molecule has 4 nitrogen and oxygen atoms in total. The number of hydrogen-bond donors (Lipinski definition) is 2. The molecule has 1 aromatic carbocycles. The molecule has 0 spiro atoms. The summed E-state index contributed by atoms with van der Waals surface area (Å²) in [6.07, 6.45) is -4.86. The smallest absolute Gasteiger partial charge is 0.471 e. The van der Waals surface area contributed by atoms with E-state index >= 15 is 0 Å². The Hall–Kier alpha value is -1.92. The maximum atomic E-state index is 11.8. The molecule has 0 aliphatic carbocycles. The zero-order chi connectivity index (χ0) is 12.9. The Balaban J connectivity index is 2.28. The molecule has 94 valence electrons. The Morgan fingerprint density at radius 2 is 2.12 bits per heavy atom. The van der Waals surface area contributed by atoms with Gasteiger partial charge in [0.15, 0.2) is 0 Å². The molecule has 0 saturated carbocycles. The summed E-state index contributed by atoms with van der Waals surface area (Å²) in [5.74, 6) is -1.54. The van der Waals surface area contributed by atoms with E-state index in [9.17, 15) is 18.0 Å². The highest BCUT2D eigenvalue weighted by atomic mass is 19.4. The molecule has 0 aromatic heterocycles. The average molecular weight is 248 g/mol. The summed E-state index contributed by atoms with van der Waals surface area (Å²) in [4.78, 5) is 10.4. The van der Waals surface area contributed by atoms with Crippen LogP contribution in [-0.2, 0) is 4.79 Å². The van der Waals surface area contributed by atoms with Crippen molar-refractivity contribution in [2.24, 2.45) is 0 Å². The number of hydrogen-bond acceptors (Lipinski definition) is 3. The van der Waals surface area contributed by atoms with E-state index in [-0.39, 0.29) is 13.2 Å². The third-order valence-electron chi connectivity index (χ3n) is 1.77. The fraction of sp³-hybridized carbons (Fsp3) is 0.300. The van der Waals surface area contributed by atoms with Crippen molar-refractivity contribution < 1.29 is 22.7 Å². The highest BCUT2D eigenvalue weighted by Gasteiger charge is 2.38. The number of carbonyl (C=O) groups excluding carboxylic acids is 1. The molecule has 1 amide bonds. The molecule has 7 heteroatoms. The lowest BCUT2D eigenvalue weighted by Crippen LogP contribution is -2.38. The van der Waals surface area contributed by atoms with Crippen molar-refractivity contribution in [2.75, 3.05) is 18.9 Å². The molecule has 0 atom stereocenters. The largest absolute Gasteiger partial charge is 0.492 e. The van der Waals surface area contributed by atoms with Gasteiger partial charge >= 0.3 is 12.1 Å². The summed E-state index contributed by atoms with van der Waals surface area (Å²) in [6.45, 7) is -0.293. The van der Waals surface area contributed by atoms with Gasteiger partial charge in [-0.3, -0.25) is 4.79 Å². The minimum atomic E-state index is -4.86. The van der Waals surface area contributed by atoms with Crippen molar-refractivity contribution in [2.45, 2.75) is 6.18 Å². The zero-order valence-corrected chi connectivity index (χ0v) is 8.75. The fourth-order valence-corrected chi connectivity index (χ4v) is 1.04. The second kappa shape index (κ2) is 5.42. The molecule has 0 aliphatic rings. The highest BCUT2D eigenvalue weighted by Crippen LogP contribution is 2.15. The van der Waals surface area contributed by atoms with Gasteiger partial charge in [0.25, 0.3) is 0 Å². The average Bonchev–Trinajstić information content (AvgIpc) is 2.23. The number of nitrogens with one attached hydrogen (secondary N) is 1. The molecule has 0 heterocycles. The summed E-state index contributed by atoms with van der Waals surface area (Å²) in [6, 6.07) is 6.45. The highest BCUT2D eigenvalue weighted by molar-refractivity contribution is 5.81. The Morgan fingerprint density at radius 3 is 2.71 bits per heavy atom. The zero-order valence-electron chi connectivity index (χ0n) is 8.75. The van der Waals surface area contributed by atoms with Gasteiger partial charge in [-0.1, -0.05) is 6.07 Å². The van der Waals surface area contributed by atoms with Crippen LogP contribution in [-0.4, -0.2) is 25.2 Å². The number of benzene rings is 1. The van der Waals surface area contributed by atoms with Crippen molar-refractivity contribution in [3.63, 3.8) is 0 Å². The van der Waals surface area contributed by atoms with Crippen molar-refractivity contribution in [3.05, 3.63) is 24.3 Å². The maximum absolute atomic E-state index is 11.8. The molecule has 1 aromatic rings. The fourth-order valence-electron chi connectivity index (χ4n) is 1.04. The van der Waals surface area contributed by atoms with Crippen molar-refractivity contribution in [1.82, 2.24) is 5.32 Å². The van der Waals surface area contributed by atoms with E-state index < -0.39 is 12.1 Å². The van der Waals surface area contributed by atoms with E-state index in [2.05, 4.69) is 0 Å². The number of nitrogen functional groups attached to an aromatic ring is 1. The van der Waals surface area contributed by atoms with E-state index in [1.54, 1.807) is 23.5 Å². The van der Waals surface area contributed by atoms with Gasteiger partial charge in [-0.15, -0.1) is 0 Å². The van der Waals surface area contributed by atoms with Gasteiger partial charge in [0, 0.05) is 11.8 Å². The van der Waals surface area contributed by atoms with E-state index in [4.69, 9.17) is 10.5 Å². The number of anilines is 1. The van der Waals surface area contributed by atoms with E-state index in [0.29, 0.717) is 11.4 Å². The molecule has 0 saturated heterocycles. The number of ether oxygens (including phenoxy) is 1. The normalized spacial score (nSPS) is 11.0. The van der Waals surface area contributed by atoms with Crippen LogP contribution in [0.5, 0.6) is 5.75 Å². The van der Waals surface area contributed by atoms with Crippen LogP contribution >= 0.6 is 0 Å². The number of rotatable bonds is 4. The van der Waals surface area contributed by atoms with Crippen LogP contribution in [0.15, 0.2) is 24.3 Å². The van der Waals surface area contributed by atoms with E-state index in [0.717, 1.165) is 0 Å². The minimum absolute atomic E-state index is 0.0642. The van der Waals surface area contributed by atoms with Crippen molar-refractivity contribution in [3.8, 4) is 5.75 Å². The maximum Gasteiger partial charge on any atom is 0.471 e. The molecule has 0 fully saturated rings. The second-order valence-corrected chi connectivity index (χ2v) is 3.17. The summed E-state index contributed by atoms with van der Waals surface area (Å²) in [5, 5.41) is 1.69. The van der Waals surface area contributed by atoms with Gasteiger partial charge in [-0.2, -0.15) is 13.2 Å². The number of halogens is 3. The van der Waals surface area contributed by atoms with Crippen LogP contribution in [0.3, 0.4) is 0 Å². The molecule has 0 unspecified atom stereocenters. The van der Waals surface area contributed by atoms with E-state index in [1.165, 1.54) is 6.07 Å². The third-order valence-corrected chi connectivity index (χ3v) is 1.77. The first-order chi connectivity index (χ1) is 7.89. The van der Waals surface area contributed by atoms with Gasteiger partial charge in [0.1, 0.15) is 12.4 Å². The predicted molar refractivity (Wildman–Crippen MR) is 55.4 cm³/mol. The second-order valence-electron chi connectivity index (χ2n) is 3.17. The Kier molecular flexibility index (Phi) is 4.19. The van der Waals surface area contributed by atoms with Crippen LogP contribution in [0.4, 0.5) is 18.9 Å². The first-order valence-corrected chi connectivity index (χ1v) is 4.73. The summed E-state index contributed by atoms with van der Waals surface area (Å²) in [5.41, 5.74) is 5.96. The van der Waals surface area contributed by atoms with Gasteiger partial charge in [-0.25, -0.2) is 0 Å². The molecule has 3 N–H and O–H groups in total. The van der Waals surface area contributed by atoms with Crippen molar-refractivity contribution in [1.29, 1.82) is 0 Å². The summed E-state index contributed by atoms with van der Waals surface area (Å²) in [7, 11) is 0. The molecule has 0 radical (unpaired) electrons. The van der Waals surface area contributed by atoms with Crippen LogP contribution in [0.2, 0.25) is 0 Å². The quantitative estimate of drug-likeness (QED) is 0.624. The number of alkyl halides is 3. The monoisotopic (exact) mass is 248 g/mol. The third kappa shape index (κ3) is 4.62. The van der Waals surface area contributed by atoms with Gasteiger partial charge in [0.2, 0.25) is 0 Å². The molecule has 1 rings (SSSR count). The Labute approximate surface area is 95.6 Å². The molecular weight excluding hydrogens is 237 g/mol. The first kappa shape index (κ1) is 13.1. The number of carbonyl (C=O) groups is 1. The van der Waals surface area contributed by atoms with E-state index in [1.807, 2.05) is 0 Å². The number of nitrogens with two attached hydrogens (primary N) is 1. The van der Waals surface area contributed by atoms with Gasteiger partial charge < -0.3 is 15.8 Å². The summed E-state index contributed by atoms with van der Waals surface area (Å²) < 4.78 is 40.4. The minimum Gasteiger partial charge on any atom is -0.492 e. The molecule has 17 heavy (non-hydrogen) atoms. The van der Waals surface area contributed by atoms with Crippen LogP contribution in [0, 0.1) is 0 Å². The molecule has 0 aliphatic heterocycles. The standard InChI is InChI=1S/C10H11F3N2O2/c11-10(12,13)9(16)15-4-5-17-8-3-1-2-7(14)6-8/h1-3,6H,4-5,14H2,(H,15,16). The topological polar surface area (TPSA) is 64.3 Å². The predicted octanol–water partition coefficient (Wildman–Crippen LogP) is 1.33. The van der Waals surface area contributed by atoms with Crippen molar-refractivity contribution >= 4 is 11.6 Å². The molecule has 0 bridgehead atoms. The molecular formula is C10H11F3N2O2. The first-order valence-electron chi connectivity index (χ1n) is 4.73. The van der Waals surface area contributed by atoms with Crippen LogP contribution in [0.25, 0.3) is 0 Å². The number of amides is 1. The van der Waals surface area contributed by atoms with Crippen LogP contribution < -0.4 is 15.8 Å².